The summed E-state index contributed by atoms with van der Waals surface area (Å²) in [5.74, 6) is 0.383. The highest BCUT2D eigenvalue weighted by Gasteiger charge is 2.25. The molecule has 0 aliphatic rings. The van der Waals surface area contributed by atoms with E-state index in [1.165, 1.54) is 0 Å². The van der Waals surface area contributed by atoms with E-state index >= 15 is 0 Å². The molecule has 0 aliphatic carbocycles. The number of esters is 1. The summed E-state index contributed by atoms with van der Waals surface area (Å²) in [6.07, 6.45) is 5.93. The van der Waals surface area contributed by atoms with Crippen LogP contribution in [-0.2, 0) is 28.8 Å². The second kappa shape index (κ2) is 15.6. The number of fused-ring (bicyclic) bond motifs is 1. The van der Waals surface area contributed by atoms with Crippen molar-refractivity contribution in [2.75, 3.05) is 20.3 Å². The van der Waals surface area contributed by atoms with Gasteiger partial charge in [-0.05, 0) is 60.9 Å². The van der Waals surface area contributed by atoms with E-state index in [9.17, 15) is 14.7 Å². The highest BCUT2D eigenvalue weighted by Crippen LogP contribution is 2.36. The molecule has 0 fully saturated rings. The molecule has 2 N–H and O–H groups in total. The van der Waals surface area contributed by atoms with Gasteiger partial charge in [-0.1, -0.05) is 66.7 Å². The molecule has 7 heteroatoms. The number of furan rings is 1. The maximum Gasteiger partial charge on any atom is 0.342 e. The third kappa shape index (κ3) is 8.33. The normalized spacial score (nSPS) is 11.7. The number of hydrogen-bond donors (Lipinski definition) is 2. The largest absolute Gasteiger partial charge is 0.493 e. The van der Waals surface area contributed by atoms with Crippen LogP contribution in [0.2, 0.25) is 0 Å². The summed E-state index contributed by atoms with van der Waals surface area (Å²) in [5, 5.41) is 13.3. The van der Waals surface area contributed by atoms with E-state index in [4.69, 9.17) is 13.9 Å². The number of aryl methyl sites for hydroxylation is 1. The van der Waals surface area contributed by atoms with Crippen molar-refractivity contribution in [3.05, 3.63) is 113 Å². The van der Waals surface area contributed by atoms with Crippen LogP contribution in [0.4, 0.5) is 0 Å². The average molecular weight is 570 g/mol. The van der Waals surface area contributed by atoms with Crippen LogP contribution in [0.15, 0.2) is 89.9 Å². The maximum absolute atomic E-state index is 13.4. The number of nitrogens with one attached hydrogen (secondary N) is 1. The summed E-state index contributed by atoms with van der Waals surface area (Å²) in [5.41, 5.74) is 3.72. The Bertz CT molecular complexity index is 1460. The van der Waals surface area contributed by atoms with Gasteiger partial charge in [-0.3, -0.25) is 4.79 Å². The Balaban J connectivity index is 1.55. The first kappa shape index (κ1) is 30.6. The molecule has 1 amide bonds. The van der Waals surface area contributed by atoms with E-state index in [0.29, 0.717) is 53.9 Å². The van der Waals surface area contributed by atoms with Crippen molar-refractivity contribution in [1.82, 2.24) is 5.32 Å². The summed E-state index contributed by atoms with van der Waals surface area (Å²) in [4.78, 5) is 26.2. The fraction of sp³-hybridized carbons (Fsp3) is 0.314. The molecule has 0 radical (unpaired) electrons. The van der Waals surface area contributed by atoms with Crippen molar-refractivity contribution >= 4 is 22.8 Å². The van der Waals surface area contributed by atoms with Crippen molar-refractivity contribution in [3.8, 4) is 5.75 Å². The molecule has 0 saturated carbocycles. The van der Waals surface area contributed by atoms with Crippen molar-refractivity contribution in [3.63, 3.8) is 0 Å². The van der Waals surface area contributed by atoms with E-state index in [-0.39, 0.29) is 25.0 Å². The number of unbranched alkanes of at least 4 members (excludes halogenated alkanes) is 2. The van der Waals surface area contributed by atoms with E-state index in [1.807, 2.05) is 78.9 Å². The molecule has 4 aromatic rings. The van der Waals surface area contributed by atoms with Gasteiger partial charge in [-0.2, -0.15) is 0 Å². The van der Waals surface area contributed by atoms with Crippen LogP contribution in [-0.4, -0.2) is 43.3 Å². The first-order valence-corrected chi connectivity index (χ1v) is 14.4. The average Bonchev–Trinajstić information content (AvgIpc) is 3.37. The first-order valence-electron chi connectivity index (χ1n) is 14.4. The number of benzene rings is 3. The molecule has 0 bridgehead atoms. The number of methoxy groups -OCH3 is 1. The second-order valence-corrected chi connectivity index (χ2v) is 10.3. The molecule has 0 aliphatic heterocycles. The summed E-state index contributed by atoms with van der Waals surface area (Å²) in [6.45, 7) is 3.88. The SMILES string of the molecule is C=CCCCCOC(=O)c1c(Cc2ccccc2)oc2c(OC)cc(CCC(=O)N[C@H](CO)Cc3ccccc3)cc12. The number of carbonyl (C=O) groups is 2. The molecule has 42 heavy (non-hydrogen) atoms. The van der Waals surface area contributed by atoms with Crippen molar-refractivity contribution < 1.29 is 28.6 Å². The highest BCUT2D eigenvalue weighted by atomic mass is 16.5. The molecule has 0 unspecified atom stereocenters. The van der Waals surface area contributed by atoms with Crippen molar-refractivity contribution in [2.24, 2.45) is 0 Å². The molecule has 1 heterocycles. The lowest BCUT2D eigenvalue weighted by atomic mass is 10.0. The zero-order chi connectivity index (χ0) is 29.7. The Morgan fingerprint density at radius 1 is 1.00 bits per heavy atom. The van der Waals surface area contributed by atoms with Crippen LogP contribution in [0, 0.1) is 0 Å². The Morgan fingerprint density at radius 2 is 1.71 bits per heavy atom. The molecule has 0 spiro atoms. The number of ether oxygens (including phenoxy) is 2. The third-order valence-corrected chi connectivity index (χ3v) is 7.11. The van der Waals surface area contributed by atoms with Gasteiger partial charge in [-0.25, -0.2) is 4.79 Å². The summed E-state index contributed by atoms with van der Waals surface area (Å²) in [6, 6.07) is 22.9. The number of aliphatic hydroxyl groups excluding tert-OH is 1. The van der Waals surface area contributed by atoms with Crippen LogP contribution >= 0.6 is 0 Å². The minimum absolute atomic E-state index is 0.154. The Morgan fingerprint density at radius 3 is 2.38 bits per heavy atom. The molecular weight excluding hydrogens is 530 g/mol. The number of carbonyl (C=O) groups excluding carboxylic acids is 2. The minimum Gasteiger partial charge on any atom is -0.493 e. The van der Waals surface area contributed by atoms with E-state index in [1.54, 1.807) is 7.11 Å². The Kier molecular flexibility index (Phi) is 11.4. The van der Waals surface area contributed by atoms with Gasteiger partial charge >= 0.3 is 5.97 Å². The first-order chi connectivity index (χ1) is 20.5. The Hall–Kier alpha value is -4.36. The standard InChI is InChI=1S/C35H39NO6/c1-3-4-5-12-19-41-35(39)33-29-21-27(17-18-32(38)36-28(24-37)20-25-13-8-6-9-14-25)23-31(40-2)34(29)42-30(33)22-26-15-10-7-11-16-26/h3,6-11,13-16,21,23,28,37H,1,4-5,12,17-20,22,24H2,2H3,(H,36,38)/t28-/m0/s1. The van der Waals surface area contributed by atoms with E-state index in [2.05, 4.69) is 11.9 Å². The zero-order valence-electron chi connectivity index (χ0n) is 24.1. The molecule has 4 rings (SSSR count). The maximum atomic E-state index is 13.4. The minimum atomic E-state index is -0.443. The second-order valence-electron chi connectivity index (χ2n) is 10.3. The lowest BCUT2D eigenvalue weighted by Crippen LogP contribution is -2.39. The number of hydrogen-bond acceptors (Lipinski definition) is 6. The van der Waals surface area contributed by atoms with E-state index in [0.717, 1.165) is 36.0 Å². The molecule has 1 aromatic heterocycles. The van der Waals surface area contributed by atoms with Gasteiger partial charge < -0.3 is 24.3 Å². The van der Waals surface area contributed by atoms with Gasteiger partial charge in [0, 0.05) is 18.2 Å². The van der Waals surface area contributed by atoms with Crippen LogP contribution in [0.1, 0.15) is 58.5 Å². The quantitative estimate of drug-likeness (QED) is 0.0948. The number of allylic oxidation sites excluding steroid dienone is 1. The lowest BCUT2D eigenvalue weighted by molar-refractivity contribution is -0.122. The van der Waals surface area contributed by atoms with Crippen LogP contribution in [0.3, 0.4) is 0 Å². The lowest BCUT2D eigenvalue weighted by Gasteiger charge is -2.16. The molecule has 220 valence electrons. The summed E-state index contributed by atoms with van der Waals surface area (Å²) in [7, 11) is 1.55. The Labute approximate surface area is 247 Å². The smallest absolute Gasteiger partial charge is 0.342 e. The van der Waals surface area contributed by atoms with Crippen molar-refractivity contribution in [2.45, 2.75) is 51.0 Å². The summed E-state index contributed by atoms with van der Waals surface area (Å²) >= 11 is 0. The van der Waals surface area contributed by atoms with Crippen LogP contribution in [0.25, 0.3) is 11.0 Å². The van der Waals surface area contributed by atoms with Gasteiger partial charge in [0.05, 0.1) is 26.4 Å². The van der Waals surface area contributed by atoms with Gasteiger partial charge in [0.15, 0.2) is 11.3 Å². The number of amides is 1. The fourth-order valence-corrected chi connectivity index (χ4v) is 4.95. The molecule has 1 atom stereocenters. The van der Waals surface area contributed by atoms with Gasteiger partial charge in [0.25, 0.3) is 0 Å². The van der Waals surface area contributed by atoms with Crippen LogP contribution < -0.4 is 10.1 Å². The zero-order valence-corrected chi connectivity index (χ0v) is 24.1. The molecule has 3 aromatic carbocycles. The number of rotatable bonds is 16. The van der Waals surface area contributed by atoms with E-state index < -0.39 is 5.97 Å². The topological polar surface area (TPSA) is 98.0 Å². The molecule has 7 nitrogen and oxygen atoms in total. The van der Waals surface area contributed by atoms with Gasteiger partial charge in [-0.15, -0.1) is 6.58 Å². The molecule has 0 saturated heterocycles. The summed E-state index contributed by atoms with van der Waals surface area (Å²) < 4.78 is 17.6. The third-order valence-electron chi connectivity index (χ3n) is 7.11. The monoisotopic (exact) mass is 569 g/mol. The van der Waals surface area contributed by atoms with Crippen LogP contribution in [0.5, 0.6) is 5.75 Å². The highest BCUT2D eigenvalue weighted by molar-refractivity contribution is 6.06. The molecular formula is C35H39NO6. The predicted octanol–water partition coefficient (Wildman–Crippen LogP) is 6.20. The van der Waals surface area contributed by atoms with Gasteiger partial charge in [0.2, 0.25) is 5.91 Å². The predicted molar refractivity (Wildman–Crippen MR) is 164 cm³/mol. The van der Waals surface area contributed by atoms with Gasteiger partial charge in [0.1, 0.15) is 11.3 Å². The fourth-order valence-electron chi connectivity index (χ4n) is 4.95. The number of aliphatic hydroxyl groups is 1. The van der Waals surface area contributed by atoms with Crippen molar-refractivity contribution in [1.29, 1.82) is 0 Å².